The summed E-state index contributed by atoms with van der Waals surface area (Å²) in [5.41, 5.74) is 2.39. The molecule has 0 bridgehead atoms. The number of likely N-dealkylation sites (tertiary alicyclic amines) is 1. The molecule has 3 rings (SSSR count). The zero-order valence-corrected chi connectivity index (χ0v) is 22.8. The average Bonchev–Trinajstić information content (AvgIpc) is 3.12. The predicted octanol–water partition coefficient (Wildman–Crippen LogP) is 5.41. The fourth-order valence-electron chi connectivity index (χ4n) is 4.44. The van der Waals surface area contributed by atoms with Gasteiger partial charge in [-0.3, -0.25) is 24.2 Å². The lowest BCUT2D eigenvalue weighted by atomic mass is 9.99. The third kappa shape index (κ3) is 8.42. The van der Waals surface area contributed by atoms with E-state index >= 15 is 0 Å². The quantitative estimate of drug-likeness (QED) is 0.353. The van der Waals surface area contributed by atoms with E-state index in [1.165, 1.54) is 17.0 Å². The number of aliphatic carboxylic acids is 1. The van der Waals surface area contributed by atoms with Crippen molar-refractivity contribution in [2.24, 2.45) is 5.92 Å². The SMILES string of the molecule is Cc1cc(CN(CC(C)C)[C@@H](CC(=O)O)c2ccc(Cl)c(F)c2)ccc1OCCN1C(=O)CCC1=O.Cl. The molecule has 0 aliphatic carbocycles. The molecule has 0 unspecified atom stereocenters. The Balaban J connectivity index is 0.00000481. The van der Waals surface area contributed by atoms with E-state index in [0.717, 1.165) is 11.1 Å². The molecule has 0 saturated carbocycles. The fourth-order valence-corrected chi connectivity index (χ4v) is 4.56. The fraction of sp³-hybridized carbons (Fsp3) is 0.444. The van der Waals surface area contributed by atoms with Gasteiger partial charge in [-0.25, -0.2) is 4.39 Å². The molecule has 37 heavy (non-hydrogen) atoms. The Bertz CT molecular complexity index is 1110. The molecule has 1 N–H and O–H groups in total. The molecule has 0 aromatic heterocycles. The van der Waals surface area contributed by atoms with E-state index in [1.807, 2.05) is 43.9 Å². The number of carboxylic acid groups (broad SMARTS) is 1. The number of nitrogens with zero attached hydrogens (tertiary/aromatic N) is 2. The van der Waals surface area contributed by atoms with Gasteiger partial charge >= 0.3 is 5.97 Å². The summed E-state index contributed by atoms with van der Waals surface area (Å²) in [6.07, 6.45) is 0.331. The van der Waals surface area contributed by atoms with Crippen molar-refractivity contribution in [1.29, 1.82) is 0 Å². The summed E-state index contributed by atoms with van der Waals surface area (Å²) in [4.78, 5) is 38.5. The predicted molar refractivity (Wildman–Crippen MR) is 142 cm³/mol. The normalized spacial score (nSPS) is 14.3. The number of amides is 2. The van der Waals surface area contributed by atoms with Crippen molar-refractivity contribution >= 4 is 41.8 Å². The van der Waals surface area contributed by atoms with Crippen LogP contribution in [0, 0.1) is 18.7 Å². The highest BCUT2D eigenvalue weighted by Crippen LogP contribution is 2.30. The second-order valence-electron chi connectivity index (χ2n) is 9.50. The number of carbonyl (C=O) groups is 3. The monoisotopic (exact) mass is 554 g/mol. The highest BCUT2D eigenvalue weighted by molar-refractivity contribution is 6.30. The van der Waals surface area contributed by atoms with Crippen LogP contribution < -0.4 is 4.74 Å². The summed E-state index contributed by atoms with van der Waals surface area (Å²) in [6.45, 7) is 7.49. The Morgan fingerprint density at radius 1 is 1.16 bits per heavy atom. The summed E-state index contributed by atoms with van der Waals surface area (Å²) in [5, 5.41) is 9.58. The van der Waals surface area contributed by atoms with Crippen LogP contribution in [-0.4, -0.2) is 52.4 Å². The molecule has 1 heterocycles. The minimum atomic E-state index is -0.973. The first-order valence-corrected chi connectivity index (χ1v) is 12.4. The Kier molecular flexibility index (Phi) is 11.3. The highest BCUT2D eigenvalue weighted by atomic mass is 35.5. The lowest BCUT2D eigenvalue weighted by molar-refractivity contribution is -0.140. The molecule has 1 saturated heterocycles. The van der Waals surface area contributed by atoms with Gasteiger partial charge in [-0.2, -0.15) is 0 Å². The zero-order valence-electron chi connectivity index (χ0n) is 21.2. The molecule has 7 nitrogen and oxygen atoms in total. The van der Waals surface area contributed by atoms with Gasteiger partial charge in [0.05, 0.1) is 18.0 Å². The number of aryl methyl sites for hydroxylation is 1. The van der Waals surface area contributed by atoms with Crippen LogP contribution in [-0.2, 0) is 20.9 Å². The van der Waals surface area contributed by atoms with Gasteiger partial charge in [0.1, 0.15) is 18.2 Å². The lowest BCUT2D eigenvalue weighted by Gasteiger charge is -2.33. The summed E-state index contributed by atoms with van der Waals surface area (Å²) < 4.78 is 20.0. The van der Waals surface area contributed by atoms with Gasteiger partial charge in [0.2, 0.25) is 11.8 Å². The first-order valence-electron chi connectivity index (χ1n) is 12.0. The van der Waals surface area contributed by atoms with E-state index in [9.17, 15) is 23.9 Å². The molecule has 202 valence electrons. The number of rotatable bonds is 12. The first-order chi connectivity index (χ1) is 17.0. The molecule has 0 radical (unpaired) electrons. The average molecular weight is 555 g/mol. The van der Waals surface area contributed by atoms with Gasteiger partial charge in [0.25, 0.3) is 0 Å². The van der Waals surface area contributed by atoms with Crippen LogP contribution in [0.2, 0.25) is 5.02 Å². The maximum Gasteiger partial charge on any atom is 0.305 e. The van der Waals surface area contributed by atoms with Gasteiger partial charge in [0, 0.05) is 32.0 Å². The molecule has 1 atom stereocenters. The van der Waals surface area contributed by atoms with Crippen LogP contribution in [0.3, 0.4) is 0 Å². The number of halogens is 3. The second-order valence-corrected chi connectivity index (χ2v) is 9.91. The minimum Gasteiger partial charge on any atom is -0.491 e. The van der Waals surface area contributed by atoms with Crippen LogP contribution in [0.15, 0.2) is 36.4 Å². The highest BCUT2D eigenvalue weighted by Gasteiger charge is 2.28. The van der Waals surface area contributed by atoms with Crippen molar-refractivity contribution in [3.05, 3.63) is 63.9 Å². The number of hydrogen-bond donors (Lipinski definition) is 1. The van der Waals surface area contributed by atoms with Gasteiger partial charge in [-0.15, -0.1) is 12.4 Å². The van der Waals surface area contributed by atoms with E-state index in [-0.39, 0.29) is 67.6 Å². The number of benzene rings is 2. The topological polar surface area (TPSA) is 87.2 Å². The van der Waals surface area contributed by atoms with E-state index in [2.05, 4.69) is 0 Å². The Morgan fingerprint density at radius 3 is 2.41 bits per heavy atom. The smallest absolute Gasteiger partial charge is 0.305 e. The minimum absolute atomic E-state index is 0. The Labute approximate surface area is 227 Å². The van der Waals surface area contributed by atoms with Crippen molar-refractivity contribution in [1.82, 2.24) is 9.80 Å². The number of carbonyl (C=O) groups excluding carboxylic acids is 2. The summed E-state index contributed by atoms with van der Waals surface area (Å²) in [6, 6.07) is 9.60. The molecular formula is C27H33Cl2FN2O5. The number of carboxylic acids is 1. The third-order valence-corrected chi connectivity index (χ3v) is 6.40. The molecule has 2 aromatic rings. The van der Waals surface area contributed by atoms with E-state index in [0.29, 0.717) is 24.4 Å². The van der Waals surface area contributed by atoms with Crippen LogP contribution in [0.25, 0.3) is 0 Å². The zero-order chi connectivity index (χ0) is 26.4. The van der Waals surface area contributed by atoms with Crippen molar-refractivity contribution in [3.63, 3.8) is 0 Å². The summed E-state index contributed by atoms with van der Waals surface area (Å²) in [7, 11) is 0. The van der Waals surface area contributed by atoms with Crippen molar-refractivity contribution in [2.75, 3.05) is 19.7 Å². The third-order valence-electron chi connectivity index (χ3n) is 6.09. The van der Waals surface area contributed by atoms with Gasteiger partial charge in [-0.05, 0) is 47.7 Å². The van der Waals surface area contributed by atoms with E-state index in [4.69, 9.17) is 16.3 Å². The maximum absolute atomic E-state index is 14.2. The standard InChI is InChI=1S/C27H32ClFN2O5.ClH/c1-17(2)15-30(23(14-27(34)35)20-5-6-21(28)22(29)13-20)16-19-4-7-24(18(3)12-19)36-11-10-31-25(32)8-9-26(31)33;/h4-7,12-13,17,23H,8-11,14-16H2,1-3H3,(H,34,35);1H/t23-;/m0./s1. The van der Waals surface area contributed by atoms with Gasteiger partial charge < -0.3 is 9.84 Å². The number of hydrogen-bond acceptors (Lipinski definition) is 5. The number of ether oxygens (including phenoxy) is 1. The van der Waals surface area contributed by atoms with Gasteiger partial charge in [0.15, 0.2) is 0 Å². The van der Waals surface area contributed by atoms with Crippen LogP contribution in [0.5, 0.6) is 5.75 Å². The second kappa shape index (κ2) is 13.7. The largest absolute Gasteiger partial charge is 0.491 e. The Morgan fingerprint density at radius 2 is 1.84 bits per heavy atom. The van der Waals surface area contributed by atoms with E-state index in [1.54, 1.807) is 6.07 Å². The van der Waals surface area contributed by atoms with E-state index < -0.39 is 17.8 Å². The van der Waals surface area contributed by atoms with Crippen molar-refractivity contribution in [2.45, 2.75) is 52.6 Å². The van der Waals surface area contributed by atoms with Crippen molar-refractivity contribution in [3.8, 4) is 5.75 Å². The maximum atomic E-state index is 14.2. The first kappa shape index (κ1) is 30.5. The van der Waals surface area contributed by atoms with Crippen LogP contribution in [0.1, 0.15) is 55.8 Å². The molecule has 1 fully saturated rings. The molecule has 2 amide bonds. The number of imide groups is 1. The lowest BCUT2D eigenvalue weighted by Crippen LogP contribution is -2.33. The Hall–Kier alpha value is -2.68. The molecule has 2 aromatic carbocycles. The van der Waals surface area contributed by atoms with Crippen molar-refractivity contribution < 1.29 is 28.6 Å². The summed E-state index contributed by atoms with van der Waals surface area (Å²) in [5.74, 6) is -0.995. The molecule has 1 aliphatic heterocycles. The summed E-state index contributed by atoms with van der Waals surface area (Å²) >= 11 is 5.85. The molecule has 1 aliphatic rings. The van der Waals surface area contributed by atoms with Crippen LogP contribution >= 0.6 is 24.0 Å². The van der Waals surface area contributed by atoms with Crippen LogP contribution in [0.4, 0.5) is 4.39 Å². The molecular weight excluding hydrogens is 522 g/mol. The molecule has 0 spiro atoms. The molecule has 10 heteroatoms. The van der Waals surface area contributed by atoms with Gasteiger partial charge in [-0.1, -0.05) is 43.6 Å².